The molecule has 0 aliphatic heterocycles. The number of hydrogen-bond acceptors (Lipinski definition) is 3. The Bertz CT molecular complexity index is 257. The normalized spacial score (nSPS) is 8.23. The molecule has 1 amide bonds. The number of rotatable bonds is 1. The number of carbonyl (C=O) groups is 1. The fourth-order valence-corrected chi connectivity index (χ4v) is 0.699. The number of hydrogen-bond donors (Lipinski definition) is 3. The number of hydroxylamine groups is 1. The van der Waals surface area contributed by atoms with E-state index in [0.717, 1.165) is 0 Å². The van der Waals surface area contributed by atoms with Crippen molar-refractivity contribution in [2.75, 3.05) is 5.73 Å². The van der Waals surface area contributed by atoms with Gasteiger partial charge in [-0.3, -0.25) is 10.0 Å². The quantitative estimate of drug-likeness (QED) is 0.349. The van der Waals surface area contributed by atoms with Gasteiger partial charge in [-0.1, -0.05) is 13.8 Å². The predicted octanol–water partition coefficient (Wildman–Crippen LogP) is 1.41. The largest absolute Gasteiger partial charge is 0.399 e. The molecule has 0 unspecified atom stereocenters. The molecule has 0 aromatic heterocycles. The van der Waals surface area contributed by atoms with Crippen molar-refractivity contribution in [2.45, 2.75) is 13.8 Å². The van der Waals surface area contributed by atoms with Crippen molar-refractivity contribution in [3.63, 3.8) is 0 Å². The summed E-state index contributed by atoms with van der Waals surface area (Å²) in [6.07, 6.45) is 0. The van der Waals surface area contributed by atoms with E-state index in [9.17, 15) is 4.79 Å². The minimum absolute atomic E-state index is 0.377. The van der Waals surface area contributed by atoms with E-state index >= 15 is 0 Å². The highest BCUT2D eigenvalue weighted by Gasteiger charge is 2.00. The number of nitrogens with two attached hydrogens (primary N) is 1. The molecule has 72 valence electrons. The van der Waals surface area contributed by atoms with E-state index in [4.69, 9.17) is 10.9 Å². The lowest BCUT2D eigenvalue weighted by molar-refractivity contribution is 0.0706. The molecule has 1 rings (SSSR count). The number of nitrogen functional groups attached to an aromatic ring is 1. The van der Waals surface area contributed by atoms with Gasteiger partial charge in [0, 0.05) is 11.3 Å². The summed E-state index contributed by atoms with van der Waals surface area (Å²) in [5, 5.41) is 8.23. The Hall–Kier alpha value is -1.55. The van der Waals surface area contributed by atoms with Gasteiger partial charge in [-0.15, -0.1) is 0 Å². The lowest BCUT2D eigenvalue weighted by Crippen LogP contribution is -2.18. The number of nitrogens with one attached hydrogen (secondary N) is 1. The maximum absolute atomic E-state index is 10.7. The first-order valence-electron chi connectivity index (χ1n) is 4.04. The smallest absolute Gasteiger partial charge is 0.274 e. The van der Waals surface area contributed by atoms with Crippen molar-refractivity contribution in [2.24, 2.45) is 0 Å². The number of anilines is 1. The van der Waals surface area contributed by atoms with Crippen LogP contribution in [-0.2, 0) is 0 Å². The molecule has 1 aromatic carbocycles. The van der Waals surface area contributed by atoms with Gasteiger partial charge in [0.1, 0.15) is 0 Å². The molecule has 4 heteroatoms. The second-order valence-corrected chi connectivity index (χ2v) is 2.06. The highest BCUT2D eigenvalue weighted by atomic mass is 16.5. The summed E-state index contributed by atoms with van der Waals surface area (Å²) >= 11 is 0. The molecule has 0 aliphatic rings. The molecule has 1 aromatic rings. The van der Waals surface area contributed by atoms with E-state index in [-0.39, 0.29) is 0 Å². The Kier molecular flexibility index (Phi) is 5.30. The standard InChI is InChI=1S/C7H8N2O2.C2H6/c8-6-3-1-5(2-4-6)7(10)9-11;1-2/h1-4,11H,8H2,(H,9,10);1-2H3. The van der Waals surface area contributed by atoms with Crippen molar-refractivity contribution < 1.29 is 10.0 Å². The molecule has 0 saturated heterocycles. The van der Waals surface area contributed by atoms with E-state index in [1.165, 1.54) is 17.6 Å². The number of carbonyl (C=O) groups excluding carboxylic acids is 1. The van der Waals surface area contributed by atoms with Crippen LogP contribution < -0.4 is 11.2 Å². The van der Waals surface area contributed by atoms with Gasteiger partial charge >= 0.3 is 0 Å². The molecule has 4 nitrogen and oxygen atoms in total. The first kappa shape index (κ1) is 11.4. The Morgan fingerprint density at radius 3 is 2.15 bits per heavy atom. The first-order chi connectivity index (χ1) is 6.24. The highest BCUT2D eigenvalue weighted by molar-refractivity contribution is 5.93. The summed E-state index contributed by atoms with van der Waals surface area (Å²) in [5.74, 6) is -0.537. The average molecular weight is 182 g/mol. The van der Waals surface area contributed by atoms with Crippen LogP contribution in [-0.4, -0.2) is 11.1 Å². The second-order valence-electron chi connectivity index (χ2n) is 2.06. The van der Waals surface area contributed by atoms with Crippen LogP contribution >= 0.6 is 0 Å². The van der Waals surface area contributed by atoms with Gasteiger partial charge in [0.15, 0.2) is 0 Å². The minimum atomic E-state index is -0.537. The molecular weight excluding hydrogens is 168 g/mol. The maximum Gasteiger partial charge on any atom is 0.274 e. The van der Waals surface area contributed by atoms with Gasteiger partial charge in [0.2, 0.25) is 0 Å². The van der Waals surface area contributed by atoms with E-state index in [2.05, 4.69) is 0 Å². The molecule has 0 fully saturated rings. The average Bonchev–Trinajstić information content (AvgIpc) is 2.21. The molecule has 0 aliphatic carbocycles. The second kappa shape index (κ2) is 6.02. The topological polar surface area (TPSA) is 75.4 Å². The predicted molar refractivity (Wildman–Crippen MR) is 51.5 cm³/mol. The summed E-state index contributed by atoms with van der Waals surface area (Å²) < 4.78 is 0. The van der Waals surface area contributed by atoms with Crippen LogP contribution in [0.25, 0.3) is 0 Å². The lowest BCUT2D eigenvalue weighted by Gasteiger charge is -1.97. The number of amides is 1. The van der Waals surface area contributed by atoms with E-state index in [1.807, 2.05) is 13.8 Å². The van der Waals surface area contributed by atoms with Crippen LogP contribution in [0.1, 0.15) is 24.2 Å². The number of benzene rings is 1. The third-order valence-electron chi connectivity index (χ3n) is 1.27. The molecule has 0 spiro atoms. The maximum atomic E-state index is 10.7. The summed E-state index contributed by atoms with van der Waals surface area (Å²) in [7, 11) is 0. The molecule has 13 heavy (non-hydrogen) atoms. The van der Waals surface area contributed by atoms with Crippen molar-refractivity contribution in [3.8, 4) is 0 Å². The Balaban J connectivity index is 0.000000671. The molecule has 0 heterocycles. The first-order valence-corrected chi connectivity index (χ1v) is 4.04. The molecule has 0 saturated carbocycles. The zero-order valence-corrected chi connectivity index (χ0v) is 7.74. The summed E-state index contributed by atoms with van der Waals surface area (Å²) in [5.41, 5.74) is 7.85. The van der Waals surface area contributed by atoms with Gasteiger partial charge in [0.25, 0.3) is 5.91 Å². The fraction of sp³-hybridized carbons (Fsp3) is 0.222. The van der Waals surface area contributed by atoms with Gasteiger partial charge in [0.05, 0.1) is 0 Å². The Morgan fingerprint density at radius 1 is 1.31 bits per heavy atom. The van der Waals surface area contributed by atoms with Crippen molar-refractivity contribution in [1.82, 2.24) is 5.48 Å². The van der Waals surface area contributed by atoms with Gasteiger partial charge in [-0.2, -0.15) is 0 Å². The molecule has 0 bridgehead atoms. The summed E-state index contributed by atoms with van der Waals surface area (Å²) in [4.78, 5) is 10.7. The summed E-state index contributed by atoms with van der Waals surface area (Å²) in [6.45, 7) is 4.00. The van der Waals surface area contributed by atoms with Crippen molar-refractivity contribution in [3.05, 3.63) is 29.8 Å². The Morgan fingerprint density at radius 2 is 1.77 bits per heavy atom. The van der Waals surface area contributed by atoms with Crippen LogP contribution in [0.15, 0.2) is 24.3 Å². The molecule has 4 N–H and O–H groups in total. The van der Waals surface area contributed by atoms with Crippen molar-refractivity contribution >= 4 is 11.6 Å². The van der Waals surface area contributed by atoms with Crippen LogP contribution in [0.4, 0.5) is 5.69 Å². The van der Waals surface area contributed by atoms with Crippen LogP contribution in [0.2, 0.25) is 0 Å². The summed E-state index contributed by atoms with van der Waals surface area (Å²) in [6, 6.07) is 6.23. The van der Waals surface area contributed by atoms with Gasteiger partial charge in [-0.05, 0) is 24.3 Å². The van der Waals surface area contributed by atoms with Crippen LogP contribution in [0.5, 0.6) is 0 Å². The van der Waals surface area contributed by atoms with Crippen molar-refractivity contribution in [1.29, 1.82) is 0 Å². The minimum Gasteiger partial charge on any atom is -0.399 e. The third kappa shape index (κ3) is 3.57. The highest BCUT2D eigenvalue weighted by Crippen LogP contribution is 2.04. The van der Waals surface area contributed by atoms with E-state index in [0.29, 0.717) is 11.3 Å². The molecule has 0 radical (unpaired) electrons. The van der Waals surface area contributed by atoms with Crippen LogP contribution in [0.3, 0.4) is 0 Å². The van der Waals surface area contributed by atoms with Gasteiger partial charge in [-0.25, -0.2) is 5.48 Å². The third-order valence-corrected chi connectivity index (χ3v) is 1.27. The molecular formula is C9H14N2O2. The SMILES string of the molecule is CC.Nc1ccc(C(=O)NO)cc1. The lowest BCUT2D eigenvalue weighted by atomic mass is 10.2. The van der Waals surface area contributed by atoms with E-state index in [1.54, 1.807) is 12.1 Å². The molecule has 0 atom stereocenters. The monoisotopic (exact) mass is 182 g/mol. The zero-order valence-electron chi connectivity index (χ0n) is 7.74. The van der Waals surface area contributed by atoms with Crippen LogP contribution in [0, 0.1) is 0 Å². The van der Waals surface area contributed by atoms with E-state index < -0.39 is 5.91 Å². The Labute approximate surface area is 77.3 Å². The fourth-order valence-electron chi connectivity index (χ4n) is 0.699. The van der Waals surface area contributed by atoms with Gasteiger partial charge < -0.3 is 5.73 Å². The zero-order chi connectivity index (χ0) is 10.3.